The van der Waals surface area contributed by atoms with Crippen molar-refractivity contribution in [1.29, 1.82) is 0 Å². The molecular formula is IrO4Pt-4. The fraction of sp³-hybridized carbons (Fsp3) is 0. The average Bonchev–Trinajstić information content (AvgIpc) is 0. The van der Waals surface area contributed by atoms with Crippen LogP contribution in [0.2, 0.25) is 0 Å². The van der Waals surface area contributed by atoms with E-state index in [-0.39, 0.29) is 63.1 Å². The summed E-state index contributed by atoms with van der Waals surface area (Å²) in [6, 6.07) is 0. The first kappa shape index (κ1) is 198. The molecule has 1 radical (unpaired) electrons. The third-order valence-electron chi connectivity index (χ3n) is 0. The Hall–Kier alpha value is 1.18. The molecule has 0 atom stereocenters. The van der Waals surface area contributed by atoms with Gasteiger partial charge in [-0.2, -0.15) is 0 Å². The fourth-order valence-corrected chi connectivity index (χ4v) is 0. The van der Waals surface area contributed by atoms with Gasteiger partial charge < -0.3 is 21.9 Å². The van der Waals surface area contributed by atoms with Crippen LogP contribution in [0.3, 0.4) is 0 Å². The summed E-state index contributed by atoms with van der Waals surface area (Å²) in [5, 5.41) is 0. The first-order valence-electron chi connectivity index (χ1n) is 0. The summed E-state index contributed by atoms with van der Waals surface area (Å²) < 4.78 is 0. The minimum atomic E-state index is 0. The first-order valence-corrected chi connectivity index (χ1v) is 0. The van der Waals surface area contributed by atoms with Crippen molar-refractivity contribution >= 4 is 0 Å². The van der Waals surface area contributed by atoms with E-state index in [1.165, 1.54) is 0 Å². The van der Waals surface area contributed by atoms with E-state index in [1.807, 2.05) is 0 Å². The van der Waals surface area contributed by atoms with Crippen LogP contribution in [0.15, 0.2) is 0 Å². The molecule has 0 heterocycles. The topological polar surface area (TPSA) is 114 Å². The molecule has 0 aliphatic carbocycles. The van der Waals surface area contributed by atoms with Gasteiger partial charge in [-0.1, -0.05) is 0 Å². The maximum absolute atomic E-state index is 0. The van der Waals surface area contributed by atoms with Gasteiger partial charge >= 0.3 is 21.1 Å². The van der Waals surface area contributed by atoms with Gasteiger partial charge in [-0.3, -0.25) is 0 Å². The molecule has 6 heteroatoms. The van der Waals surface area contributed by atoms with Gasteiger partial charge in [0.05, 0.1) is 0 Å². The average molecular weight is 451 g/mol. The Kier molecular flexibility index (Phi) is 3930. The molecule has 0 saturated heterocycles. The molecule has 0 N–H and O–H groups in total. The van der Waals surface area contributed by atoms with E-state index in [1.54, 1.807) is 0 Å². The van der Waals surface area contributed by atoms with Crippen molar-refractivity contribution in [3.8, 4) is 0 Å². The Balaban J connectivity index is 0. The van der Waals surface area contributed by atoms with Crippen molar-refractivity contribution < 1.29 is 63.1 Å². The van der Waals surface area contributed by atoms with Gasteiger partial charge in [0.1, 0.15) is 0 Å². The Morgan fingerprint density at radius 1 is 0.500 bits per heavy atom. The van der Waals surface area contributed by atoms with Gasteiger partial charge in [-0.15, -0.1) is 0 Å². The molecule has 0 aromatic heterocycles. The minimum Gasteiger partial charge on any atom is -2.00 e. The minimum absolute atomic E-state index is 0. The molecule has 0 spiro atoms. The van der Waals surface area contributed by atoms with Crippen molar-refractivity contribution in [3.05, 3.63) is 0 Å². The zero-order valence-electron chi connectivity index (χ0n) is 2.28. The predicted molar refractivity (Wildman–Crippen MR) is 2.75 cm³/mol. The van der Waals surface area contributed by atoms with Crippen molar-refractivity contribution in [1.82, 2.24) is 0 Å². The van der Waals surface area contributed by atoms with E-state index in [4.69, 9.17) is 0 Å². The molecule has 0 aromatic rings. The van der Waals surface area contributed by atoms with Crippen LogP contribution in [0.4, 0.5) is 0 Å². The van der Waals surface area contributed by atoms with Crippen molar-refractivity contribution in [2.75, 3.05) is 0 Å². The summed E-state index contributed by atoms with van der Waals surface area (Å²) in [5.41, 5.74) is 0. The van der Waals surface area contributed by atoms with Gasteiger partial charge in [0.2, 0.25) is 0 Å². The van der Waals surface area contributed by atoms with E-state index in [0.717, 1.165) is 0 Å². The fourth-order valence-electron chi connectivity index (χ4n) is 0. The third-order valence-corrected chi connectivity index (χ3v) is 0. The van der Waals surface area contributed by atoms with Gasteiger partial charge in [0.25, 0.3) is 0 Å². The maximum Gasteiger partial charge on any atom is 4.00 e. The normalized spacial score (nSPS) is 0. The first-order chi connectivity index (χ1) is 0. The Morgan fingerprint density at radius 3 is 0.500 bits per heavy atom. The van der Waals surface area contributed by atoms with E-state index >= 15 is 0 Å². The molecule has 0 amide bonds. The summed E-state index contributed by atoms with van der Waals surface area (Å²) in [5.74, 6) is 0. The second-order valence-electron chi connectivity index (χ2n) is 0. The Bertz CT molecular complexity index is 7.51. The van der Waals surface area contributed by atoms with Crippen LogP contribution in [0, 0.1) is 0 Å². The maximum atomic E-state index is 0. The summed E-state index contributed by atoms with van der Waals surface area (Å²) >= 11 is 0. The molecule has 0 saturated carbocycles. The van der Waals surface area contributed by atoms with Gasteiger partial charge in [0.15, 0.2) is 0 Å². The summed E-state index contributed by atoms with van der Waals surface area (Å²) in [7, 11) is 0. The second kappa shape index (κ2) is 119. The molecule has 0 aliphatic heterocycles. The third kappa shape index (κ3) is 65.2. The van der Waals surface area contributed by atoms with E-state index in [0.29, 0.717) is 0 Å². The van der Waals surface area contributed by atoms with Crippen molar-refractivity contribution in [2.24, 2.45) is 0 Å². The SMILES string of the molecule is [Ir].[O-2].[O-2].[O-2].[O-2].[Pt+4]. The smallest absolute Gasteiger partial charge is 2.00 e. The molecule has 0 aromatic carbocycles. The number of rotatable bonds is 0. The summed E-state index contributed by atoms with van der Waals surface area (Å²) in [6.45, 7) is 0. The zero-order valence-corrected chi connectivity index (χ0v) is 6.95. The van der Waals surface area contributed by atoms with Gasteiger partial charge in [-0.25, -0.2) is 0 Å². The predicted octanol–water partition coefficient (Wildman–Crippen LogP) is -0.480. The second-order valence-corrected chi connectivity index (χ2v) is 0. The van der Waals surface area contributed by atoms with Crippen LogP contribution in [0.1, 0.15) is 0 Å². The van der Waals surface area contributed by atoms with Gasteiger partial charge in [0, 0.05) is 20.1 Å². The van der Waals surface area contributed by atoms with E-state index in [2.05, 4.69) is 0 Å². The Morgan fingerprint density at radius 2 is 0.500 bits per heavy atom. The Labute approximate surface area is 63.2 Å². The quantitative estimate of drug-likeness (QED) is 0.474. The molecule has 0 bridgehead atoms. The molecule has 0 rings (SSSR count). The molecule has 6 heavy (non-hydrogen) atoms. The summed E-state index contributed by atoms with van der Waals surface area (Å²) in [6.07, 6.45) is 0. The van der Waals surface area contributed by atoms with Crippen LogP contribution in [0.25, 0.3) is 0 Å². The molecule has 0 unspecified atom stereocenters. The zero-order chi connectivity index (χ0) is 0. The van der Waals surface area contributed by atoms with Crippen LogP contribution in [0.5, 0.6) is 0 Å². The van der Waals surface area contributed by atoms with Crippen LogP contribution in [-0.2, 0) is 63.1 Å². The van der Waals surface area contributed by atoms with Crippen LogP contribution >= 0.6 is 0 Å². The molecule has 0 aliphatic rings. The van der Waals surface area contributed by atoms with Crippen LogP contribution < -0.4 is 0 Å². The van der Waals surface area contributed by atoms with Gasteiger partial charge in [-0.05, 0) is 0 Å². The molecule has 47 valence electrons. The number of hydrogen-bond acceptors (Lipinski definition) is 0. The molecule has 4 nitrogen and oxygen atoms in total. The van der Waals surface area contributed by atoms with E-state index in [9.17, 15) is 0 Å². The number of hydrogen-bond donors (Lipinski definition) is 0. The van der Waals surface area contributed by atoms with Crippen molar-refractivity contribution in [2.45, 2.75) is 0 Å². The van der Waals surface area contributed by atoms with Crippen molar-refractivity contribution in [3.63, 3.8) is 0 Å². The van der Waals surface area contributed by atoms with Crippen LogP contribution in [-0.4, -0.2) is 0 Å². The summed E-state index contributed by atoms with van der Waals surface area (Å²) in [4.78, 5) is 0. The molecular weight excluding hydrogens is 451 g/mol. The monoisotopic (exact) mass is 452 g/mol. The standard InChI is InChI=1S/Ir.4O.Pt/q;4*-2;+4. The largest absolute Gasteiger partial charge is 4.00 e. The molecule has 0 fully saturated rings. The van der Waals surface area contributed by atoms with E-state index < -0.39 is 0 Å².